The van der Waals surface area contributed by atoms with E-state index in [-0.39, 0.29) is 6.10 Å². The maximum absolute atomic E-state index is 10.1. The second-order valence-electron chi connectivity index (χ2n) is 4.87. The Morgan fingerprint density at radius 1 is 1.16 bits per heavy atom. The molecule has 3 nitrogen and oxygen atoms in total. The van der Waals surface area contributed by atoms with Gasteiger partial charge in [0.2, 0.25) is 0 Å². The molecule has 0 saturated carbocycles. The standard InChI is InChI=1S/C16H20O3/c1-12(2)19-15-7-5-13(6-8-15)16(17)10-9-14-4-3-11-18-14/h3-8,11-12,16-17H,9-10H2,1-2H3. The summed E-state index contributed by atoms with van der Waals surface area (Å²) in [6.07, 6.45) is 2.73. The van der Waals surface area contributed by atoms with Gasteiger partial charge in [0.15, 0.2) is 0 Å². The van der Waals surface area contributed by atoms with Crippen molar-refractivity contribution in [3.8, 4) is 5.75 Å². The molecule has 0 aliphatic carbocycles. The van der Waals surface area contributed by atoms with Gasteiger partial charge in [0, 0.05) is 6.42 Å². The van der Waals surface area contributed by atoms with Crippen molar-refractivity contribution in [2.75, 3.05) is 0 Å². The number of aliphatic hydroxyl groups excluding tert-OH is 1. The molecule has 0 amide bonds. The Hall–Kier alpha value is -1.74. The lowest BCUT2D eigenvalue weighted by Crippen LogP contribution is -2.05. The monoisotopic (exact) mass is 260 g/mol. The number of benzene rings is 1. The van der Waals surface area contributed by atoms with E-state index in [1.54, 1.807) is 6.26 Å². The first-order chi connectivity index (χ1) is 9.15. The van der Waals surface area contributed by atoms with Gasteiger partial charge < -0.3 is 14.3 Å². The second-order valence-corrected chi connectivity index (χ2v) is 4.87. The van der Waals surface area contributed by atoms with Gasteiger partial charge in [-0.15, -0.1) is 0 Å². The van der Waals surface area contributed by atoms with Crippen molar-refractivity contribution < 1.29 is 14.3 Å². The van der Waals surface area contributed by atoms with E-state index in [0.29, 0.717) is 6.42 Å². The van der Waals surface area contributed by atoms with Crippen LogP contribution >= 0.6 is 0 Å². The van der Waals surface area contributed by atoms with Crippen LogP contribution in [0.5, 0.6) is 5.75 Å². The number of aliphatic hydroxyl groups is 1. The quantitative estimate of drug-likeness (QED) is 0.860. The highest BCUT2D eigenvalue weighted by atomic mass is 16.5. The lowest BCUT2D eigenvalue weighted by atomic mass is 10.0. The van der Waals surface area contributed by atoms with E-state index < -0.39 is 6.10 Å². The minimum Gasteiger partial charge on any atom is -0.491 e. The van der Waals surface area contributed by atoms with Gasteiger partial charge in [-0.1, -0.05) is 12.1 Å². The normalized spacial score (nSPS) is 12.6. The van der Waals surface area contributed by atoms with E-state index >= 15 is 0 Å². The van der Waals surface area contributed by atoms with Crippen molar-refractivity contribution in [2.45, 2.75) is 38.9 Å². The average molecular weight is 260 g/mol. The summed E-state index contributed by atoms with van der Waals surface area (Å²) in [4.78, 5) is 0. The van der Waals surface area contributed by atoms with E-state index in [0.717, 1.165) is 23.5 Å². The van der Waals surface area contributed by atoms with Crippen molar-refractivity contribution in [1.82, 2.24) is 0 Å². The fraction of sp³-hybridized carbons (Fsp3) is 0.375. The van der Waals surface area contributed by atoms with Crippen LogP contribution in [0.4, 0.5) is 0 Å². The summed E-state index contributed by atoms with van der Waals surface area (Å²) in [6.45, 7) is 3.98. The lowest BCUT2D eigenvalue weighted by Gasteiger charge is -2.13. The number of hydrogen-bond donors (Lipinski definition) is 1. The minimum atomic E-state index is -0.474. The summed E-state index contributed by atoms with van der Waals surface area (Å²) in [5.41, 5.74) is 0.905. The molecule has 1 unspecified atom stereocenters. The molecule has 1 aromatic carbocycles. The molecule has 102 valence electrons. The molecule has 19 heavy (non-hydrogen) atoms. The predicted molar refractivity (Wildman–Crippen MR) is 74.2 cm³/mol. The Morgan fingerprint density at radius 3 is 2.47 bits per heavy atom. The summed E-state index contributed by atoms with van der Waals surface area (Å²) in [7, 11) is 0. The maximum Gasteiger partial charge on any atom is 0.119 e. The zero-order chi connectivity index (χ0) is 13.7. The summed E-state index contributed by atoms with van der Waals surface area (Å²) in [5.74, 6) is 1.73. The van der Waals surface area contributed by atoms with Gasteiger partial charge in [-0.25, -0.2) is 0 Å². The summed E-state index contributed by atoms with van der Waals surface area (Å²) in [6, 6.07) is 11.4. The van der Waals surface area contributed by atoms with Crippen molar-refractivity contribution >= 4 is 0 Å². The molecule has 0 fully saturated rings. The molecule has 0 saturated heterocycles. The van der Waals surface area contributed by atoms with Gasteiger partial charge in [0.1, 0.15) is 11.5 Å². The summed E-state index contributed by atoms with van der Waals surface area (Å²) >= 11 is 0. The van der Waals surface area contributed by atoms with E-state index in [9.17, 15) is 5.11 Å². The molecule has 3 heteroatoms. The highest BCUT2D eigenvalue weighted by molar-refractivity contribution is 5.28. The number of furan rings is 1. The fourth-order valence-corrected chi connectivity index (χ4v) is 1.94. The molecular weight excluding hydrogens is 240 g/mol. The van der Waals surface area contributed by atoms with E-state index in [4.69, 9.17) is 9.15 Å². The molecule has 0 radical (unpaired) electrons. The Labute approximate surface area is 113 Å². The Morgan fingerprint density at radius 2 is 1.89 bits per heavy atom. The van der Waals surface area contributed by atoms with Gasteiger partial charge in [-0.3, -0.25) is 0 Å². The minimum absolute atomic E-state index is 0.162. The fourth-order valence-electron chi connectivity index (χ4n) is 1.94. The smallest absolute Gasteiger partial charge is 0.119 e. The van der Waals surface area contributed by atoms with Gasteiger partial charge in [-0.2, -0.15) is 0 Å². The molecule has 1 heterocycles. The zero-order valence-corrected chi connectivity index (χ0v) is 11.4. The molecule has 0 spiro atoms. The summed E-state index contributed by atoms with van der Waals surface area (Å²) in [5, 5.41) is 10.1. The van der Waals surface area contributed by atoms with Gasteiger partial charge in [-0.05, 0) is 50.1 Å². The van der Waals surface area contributed by atoms with Crippen LogP contribution in [-0.4, -0.2) is 11.2 Å². The molecule has 0 aliphatic heterocycles. The van der Waals surface area contributed by atoms with Crippen molar-refractivity contribution in [3.05, 3.63) is 54.0 Å². The molecule has 2 rings (SSSR count). The van der Waals surface area contributed by atoms with E-state index in [1.165, 1.54) is 0 Å². The van der Waals surface area contributed by atoms with Crippen LogP contribution in [0.1, 0.15) is 37.7 Å². The molecule has 2 aromatic rings. The predicted octanol–water partition coefficient (Wildman–Crippen LogP) is 3.73. The SMILES string of the molecule is CC(C)Oc1ccc(C(O)CCc2ccco2)cc1. The first kappa shape index (κ1) is 13.7. The highest BCUT2D eigenvalue weighted by Crippen LogP contribution is 2.22. The van der Waals surface area contributed by atoms with Crippen LogP contribution < -0.4 is 4.74 Å². The third kappa shape index (κ3) is 4.14. The third-order valence-electron chi connectivity index (χ3n) is 2.88. The molecule has 0 aliphatic rings. The van der Waals surface area contributed by atoms with Crippen molar-refractivity contribution in [1.29, 1.82) is 0 Å². The van der Waals surface area contributed by atoms with Gasteiger partial charge >= 0.3 is 0 Å². The summed E-state index contributed by atoms with van der Waals surface area (Å²) < 4.78 is 10.8. The van der Waals surface area contributed by atoms with Gasteiger partial charge in [0.25, 0.3) is 0 Å². The third-order valence-corrected chi connectivity index (χ3v) is 2.88. The Kier molecular flexibility index (Phi) is 4.63. The number of ether oxygens (including phenoxy) is 1. The first-order valence-corrected chi connectivity index (χ1v) is 6.62. The average Bonchev–Trinajstić information content (AvgIpc) is 2.89. The first-order valence-electron chi connectivity index (χ1n) is 6.62. The number of aryl methyl sites for hydroxylation is 1. The highest BCUT2D eigenvalue weighted by Gasteiger charge is 2.09. The molecule has 1 atom stereocenters. The molecule has 1 N–H and O–H groups in total. The van der Waals surface area contributed by atoms with Crippen LogP contribution in [0.15, 0.2) is 47.1 Å². The Balaban J connectivity index is 1.90. The zero-order valence-electron chi connectivity index (χ0n) is 11.4. The molecular formula is C16H20O3. The van der Waals surface area contributed by atoms with E-state index in [2.05, 4.69) is 0 Å². The lowest BCUT2D eigenvalue weighted by molar-refractivity contribution is 0.165. The van der Waals surface area contributed by atoms with Crippen LogP contribution in [0.25, 0.3) is 0 Å². The van der Waals surface area contributed by atoms with Crippen molar-refractivity contribution in [2.24, 2.45) is 0 Å². The number of hydrogen-bond acceptors (Lipinski definition) is 3. The van der Waals surface area contributed by atoms with Crippen LogP contribution in [-0.2, 0) is 6.42 Å². The van der Waals surface area contributed by atoms with Crippen molar-refractivity contribution in [3.63, 3.8) is 0 Å². The Bertz CT molecular complexity index is 471. The number of rotatable bonds is 6. The molecule has 1 aromatic heterocycles. The molecule has 0 bridgehead atoms. The van der Waals surface area contributed by atoms with Crippen LogP contribution in [0.2, 0.25) is 0 Å². The maximum atomic E-state index is 10.1. The van der Waals surface area contributed by atoms with Crippen LogP contribution in [0, 0.1) is 0 Å². The van der Waals surface area contributed by atoms with Crippen LogP contribution in [0.3, 0.4) is 0 Å². The van der Waals surface area contributed by atoms with E-state index in [1.807, 2.05) is 50.2 Å². The largest absolute Gasteiger partial charge is 0.491 e. The second kappa shape index (κ2) is 6.43. The topological polar surface area (TPSA) is 42.6 Å². The van der Waals surface area contributed by atoms with Gasteiger partial charge in [0.05, 0.1) is 18.5 Å².